The maximum Gasteiger partial charge on any atom is 2.00 e. The van der Waals surface area contributed by atoms with Gasteiger partial charge in [0.15, 0.2) is 5.75 Å². The van der Waals surface area contributed by atoms with Crippen LogP contribution in [0.2, 0.25) is 25.1 Å². The van der Waals surface area contributed by atoms with Gasteiger partial charge < -0.3 is 13.4 Å². The van der Waals surface area contributed by atoms with Gasteiger partial charge in [0.05, 0.1) is 15.1 Å². The second-order valence-corrected chi connectivity index (χ2v) is 3.81. The van der Waals surface area contributed by atoms with Crippen molar-refractivity contribution in [3.8, 4) is 5.75 Å². The summed E-state index contributed by atoms with van der Waals surface area (Å²) in [6.07, 6.45) is 0. The van der Waals surface area contributed by atoms with Gasteiger partial charge in [-0.3, -0.25) is 0 Å². The van der Waals surface area contributed by atoms with Crippen LogP contribution in [-0.4, -0.2) is 33.6 Å². The molecule has 0 spiro atoms. The average Bonchev–Trinajstić information content (AvgIpc) is 2.08. The summed E-state index contributed by atoms with van der Waals surface area (Å²) in [5.41, 5.74) is 0. The second-order valence-electron chi connectivity index (χ2n) is 1.92. The van der Waals surface area contributed by atoms with Crippen LogP contribution in [0.4, 0.5) is 0 Å². The van der Waals surface area contributed by atoms with Gasteiger partial charge in [-0.2, -0.15) is 0 Å². The van der Waals surface area contributed by atoms with E-state index in [0.29, 0.717) is 0 Å². The fourth-order valence-corrected chi connectivity index (χ4v) is 1.72. The van der Waals surface area contributed by atoms with E-state index in [1.54, 1.807) is 0 Å². The number of rotatable bonds is 0. The molecule has 0 aliphatic rings. The Morgan fingerprint density at radius 1 is 0.714 bits per heavy atom. The maximum absolute atomic E-state index is 9.20. The third kappa shape index (κ3) is 3.09. The van der Waals surface area contributed by atoms with Crippen molar-refractivity contribution < 1.29 is 13.4 Å². The summed E-state index contributed by atoms with van der Waals surface area (Å²) in [5, 5.41) is 9.01. The summed E-state index contributed by atoms with van der Waals surface area (Å²) in [6, 6.07) is 0. The molecule has 1 aromatic rings. The van der Waals surface area contributed by atoms with E-state index in [2.05, 4.69) is 0 Å². The molecule has 0 heterocycles. The zero-order valence-corrected chi connectivity index (χ0v) is 11.7. The fraction of sp³-hybridized carbons (Fsp3) is 0. The van der Waals surface area contributed by atoms with Gasteiger partial charge >= 0.3 is 23.1 Å². The molecule has 1 aromatic carbocycles. The summed E-state index contributed by atoms with van der Waals surface area (Å²) in [7, 11) is 0. The minimum absolute atomic E-state index is 0. The van der Waals surface area contributed by atoms with Crippen molar-refractivity contribution >= 4 is 81.1 Å². The first-order valence-electron chi connectivity index (χ1n) is 2.67. The number of halogens is 5. The molecule has 0 fully saturated rings. The van der Waals surface area contributed by atoms with Crippen LogP contribution in [0.5, 0.6) is 5.75 Å². The normalized spacial score (nSPS) is 8.93. The van der Waals surface area contributed by atoms with E-state index < -0.39 is 0 Å². The first kappa shape index (κ1) is 17.6. The number of hydrogen-bond acceptors (Lipinski definition) is 1. The van der Waals surface area contributed by atoms with Gasteiger partial charge in [0, 0.05) is 0 Å². The molecule has 0 aliphatic carbocycles. The third-order valence-electron chi connectivity index (χ3n) is 1.19. The Morgan fingerprint density at radius 2 is 0.929 bits per heavy atom. The van der Waals surface area contributed by atoms with Crippen molar-refractivity contribution in [3.63, 3.8) is 0 Å². The quantitative estimate of drug-likeness (QED) is 0.443. The van der Waals surface area contributed by atoms with Gasteiger partial charge in [-0.25, -0.2) is 0 Å². The molecular formula is C6H5Cl5MgO2. The molecule has 0 aliphatic heterocycles. The Labute approximate surface area is 124 Å². The average molecular weight is 311 g/mol. The van der Waals surface area contributed by atoms with Gasteiger partial charge in [0.25, 0.3) is 0 Å². The molecular weight excluding hydrogens is 306 g/mol. The first-order valence-corrected chi connectivity index (χ1v) is 4.56. The predicted octanol–water partition coefficient (Wildman–Crippen LogP) is 3.68. The number of phenols is 1. The van der Waals surface area contributed by atoms with E-state index in [1.807, 2.05) is 0 Å². The Kier molecular flexibility index (Phi) is 8.43. The van der Waals surface area contributed by atoms with E-state index in [9.17, 15) is 5.11 Å². The Bertz CT molecular complexity index is 247. The minimum atomic E-state index is -0.363. The summed E-state index contributed by atoms with van der Waals surface area (Å²) in [6.45, 7) is 0. The van der Waals surface area contributed by atoms with E-state index in [0.717, 1.165) is 0 Å². The van der Waals surface area contributed by atoms with Crippen LogP contribution in [0.1, 0.15) is 2.85 Å². The molecule has 0 atom stereocenters. The molecule has 0 bridgehead atoms. The largest absolute Gasteiger partial charge is 2.00 e. The molecule has 78 valence electrons. The standard InChI is InChI=1S/C6HCl5O.Mg.H2O.2H/c7-1-2(8)4(10)6(12)5(11)3(1)9;;;;/h12H;;1H2;;/q;+2;;2*-1. The molecule has 3 N–H and O–H groups in total. The molecule has 0 unspecified atom stereocenters. The van der Waals surface area contributed by atoms with Crippen LogP contribution >= 0.6 is 58.0 Å². The van der Waals surface area contributed by atoms with Gasteiger partial charge in [-0.15, -0.1) is 0 Å². The Morgan fingerprint density at radius 3 is 1.21 bits per heavy atom. The van der Waals surface area contributed by atoms with E-state index in [4.69, 9.17) is 58.0 Å². The van der Waals surface area contributed by atoms with Gasteiger partial charge in [-0.1, -0.05) is 58.0 Å². The minimum Gasteiger partial charge on any atom is -1.00 e. The van der Waals surface area contributed by atoms with Crippen LogP contribution in [-0.2, 0) is 0 Å². The Hall–Kier alpha value is 1.20. The van der Waals surface area contributed by atoms with E-state index >= 15 is 0 Å². The summed E-state index contributed by atoms with van der Waals surface area (Å²) in [5.74, 6) is -0.363. The topological polar surface area (TPSA) is 51.7 Å². The molecule has 14 heavy (non-hydrogen) atoms. The molecule has 0 saturated carbocycles. The zero-order valence-electron chi connectivity index (χ0n) is 8.54. The molecule has 2 nitrogen and oxygen atoms in total. The van der Waals surface area contributed by atoms with E-state index in [1.165, 1.54) is 0 Å². The predicted molar refractivity (Wildman–Crippen MR) is 64.7 cm³/mol. The molecule has 0 amide bonds. The van der Waals surface area contributed by atoms with Crippen molar-refractivity contribution in [1.29, 1.82) is 0 Å². The van der Waals surface area contributed by atoms with Crippen LogP contribution in [0.15, 0.2) is 0 Å². The first-order chi connectivity index (χ1) is 5.46. The summed E-state index contributed by atoms with van der Waals surface area (Å²) in [4.78, 5) is 0. The molecule has 0 radical (unpaired) electrons. The number of phenolic OH excluding ortho intramolecular Hbond substituents is 1. The fourth-order valence-electron chi connectivity index (χ4n) is 0.593. The number of aromatic hydroxyl groups is 1. The monoisotopic (exact) mass is 308 g/mol. The molecule has 1 rings (SSSR count). The van der Waals surface area contributed by atoms with Crippen LogP contribution in [0.3, 0.4) is 0 Å². The Balaban J connectivity index is -0.000000180. The van der Waals surface area contributed by atoms with Crippen LogP contribution in [0.25, 0.3) is 0 Å². The smallest absolute Gasteiger partial charge is 1.00 e. The van der Waals surface area contributed by atoms with Crippen LogP contribution in [0, 0.1) is 0 Å². The van der Waals surface area contributed by atoms with Gasteiger partial charge in [0.2, 0.25) is 0 Å². The third-order valence-corrected chi connectivity index (χ3v) is 3.44. The van der Waals surface area contributed by atoms with Crippen molar-refractivity contribution in [1.82, 2.24) is 0 Å². The summed E-state index contributed by atoms with van der Waals surface area (Å²) < 4.78 is 0. The second kappa shape index (κ2) is 6.71. The van der Waals surface area contributed by atoms with Gasteiger partial charge in [0.1, 0.15) is 10.0 Å². The van der Waals surface area contributed by atoms with Crippen molar-refractivity contribution in [2.45, 2.75) is 0 Å². The maximum atomic E-state index is 9.20. The molecule has 0 aromatic heterocycles. The number of benzene rings is 1. The van der Waals surface area contributed by atoms with Crippen molar-refractivity contribution in [2.75, 3.05) is 0 Å². The zero-order chi connectivity index (χ0) is 9.46. The summed E-state index contributed by atoms with van der Waals surface area (Å²) >= 11 is 27.9. The van der Waals surface area contributed by atoms with Gasteiger partial charge in [-0.05, 0) is 0 Å². The molecule has 0 saturated heterocycles. The SMILES string of the molecule is O.Oc1c(Cl)c(Cl)c(Cl)c(Cl)c1Cl.[H-].[H-].[Mg+2]. The van der Waals surface area contributed by atoms with Crippen LogP contribution < -0.4 is 0 Å². The molecule has 8 heteroatoms. The van der Waals surface area contributed by atoms with Crippen molar-refractivity contribution in [2.24, 2.45) is 0 Å². The van der Waals surface area contributed by atoms with Crippen molar-refractivity contribution in [3.05, 3.63) is 25.1 Å². The number of hydrogen-bond donors (Lipinski definition) is 1. The van der Waals surface area contributed by atoms with E-state index in [-0.39, 0.29) is 62.2 Å².